The molecule has 28 heavy (non-hydrogen) atoms. The molecule has 0 spiro atoms. The number of halogens is 3. The maximum absolute atomic E-state index is 13.2. The molecule has 0 aliphatic carbocycles. The summed E-state index contributed by atoms with van der Waals surface area (Å²) in [6.07, 6.45) is -2.86. The van der Waals surface area contributed by atoms with Crippen LogP contribution >= 0.6 is 0 Å². The Morgan fingerprint density at radius 1 is 1.18 bits per heavy atom. The van der Waals surface area contributed by atoms with Crippen molar-refractivity contribution in [1.29, 1.82) is 0 Å². The Labute approximate surface area is 160 Å². The zero-order chi connectivity index (χ0) is 20.1. The van der Waals surface area contributed by atoms with Crippen molar-refractivity contribution < 1.29 is 18.0 Å². The van der Waals surface area contributed by atoms with Crippen molar-refractivity contribution in [3.8, 4) is 0 Å². The molecule has 0 unspecified atom stereocenters. The van der Waals surface area contributed by atoms with Gasteiger partial charge in [0.25, 0.3) is 5.91 Å². The van der Waals surface area contributed by atoms with Gasteiger partial charge in [0.15, 0.2) is 5.69 Å². The molecule has 2 saturated heterocycles. The van der Waals surface area contributed by atoms with Crippen molar-refractivity contribution >= 4 is 11.9 Å². The van der Waals surface area contributed by atoms with Crippen LogP contribution in [0.5, 0.6) is 0 Å². The van der Waals surface area contributed by atoms with Gasteiger partial charge in [0.2, 0.25) is 5.95 Å². The molecule has 2 aliphatic heterocycles. The van der Waals surface area contributed by atoms with Crippen molar-refractivity contribution in [2.75, 3.05) is 24.5 Å². The molecular formula is C19H20F3N5O. The first-order valence-electron chi connectivity index (χ1n) is 9.14. The molecule has 148 valence electrons. The molecule has 2 aliphatic rings. The van der Waals surface area contributed by atoms with Crippen LogP contribution < -0.4 is 4.90 Å². The van der Waals surface area contributed by atoms with Gasteiger partial charge in [0.1, 0.15) is 0 Å². The lowest BCUT2D eigenvalue weighted by molar-refractivity contribution is -0.141. The van der Waals surface area contributed by atoms with Gasteiger partial charge >= 0.3 is 6.18 Å². The summed E-state index contributed by atoms with van der Waals surface area (Å²) in [7, 11) is 0. The molecule has 2 atom stereocenters. The van der Waals surface area contributed by atoms with Crippen molar-refractivity contribution in [3.05, 3.63) is 47.0 Å². The molecule has 0 bridgehead atoms. The lowest BCUT2D eigenvalue weighted by Gasteiger charge is -2.53. The Kier molecular flexibility index (Phi) is 4.47. The Hall–Kier alpha value is -2.71. The zero-order valence-electron chi connectivity index (χ0n) is 15.6. The maximum atomic E-state index is 13.2. The van der Waals surface area contributed by atoms with Crippen LogP contribution in [0.25, 0.3) is 0 Å². The monoisotopic (exact) mass is 391 g/mol. The Morgan fingerprint density at radius 2 is 1.89 bits per heavy atom. The number of piperidine rings is 1. The number of rotatable bonds is 2. The van der Waals surface area contributed by atoms with Crippen molar-refractivity contribution in [3.63, 3.8) is 0 Å². The minimum atomic E-state index is -4.67. The van der Waals surface area contributed by atoms with E-state index in [0.717, 1.165) is 30.6 Å². The van der Waals surface area contributed by atoms with E-state index in [1.165, 1.54) is 17.0 Å². The molecule has 2 aromatic rings. The highest BCUT2D eigenvalue weighted by Crippen LogP contribution is 2.36. The first-order chi connectivity index (χ1) is 13.2. The lowest BCUT2D eigenvalue weighted by Crippen LogP contribution is -2.65. The fraction of sp³-hybridized carbons (Fsp3) is 0.474. The van der Waals surface area contributed by atoms with Gasteiger partial charge in [-0.2, -0.15) is 13.2 Å². The number of anilines is 1. The van der Waals surface area contributed by atoms with E-state index in [2.05, 4.69) is 15.0 Å². The molecule has 2 fully saturated rings. The summed E-state index contributed by atoms with van der Waals surface area (Å²) in [6.45, 7) is 5.39. The van der Waals surface area contributed by atoms with Gasteiger partial charge in [0.05, 0.1) is 11.6 Å². The number of likely N-dealkylation sites (tertiary alicyclic amines) is 1. The fourth-order valence-electron chi connectivity index (χ4n) is 4.02. The van der Waals surface area contributed by atoms with E-state index < -0.39 is 23.3 Å². The zero-order valence-corrected chi connectivity index (χ0v) is 15.6. The lowest BCUT2D eigenvalue weighted by atomic mass is 9.82. The second-order valence-electron chi connectivity index (χ2n) is 7.37. The van der Waals surface area contributed by atoms with Crippen molar-refractivity contribution in [2.24, 2.45) is 5.92 Å². The predicted octanol–water partition coefficient (Wildman–Crippen LogP) is 2.86. The van der Waals surface area contributed by atoms with E-state index >= 15 is 0 Å². The third kappa shape index (κ3) is 3.29. The summed E-state index contributed by atoms with van der Waals surface area (Å²) in [5, 5.41) is 0. The number of hydrogen-bond acceptors (Lipinski definition) is 5. The predicted molar refractivity (Wildman–Crippen MR) is 95.9 cm³/mol. The number of fused-ring (bicyclic) bond motifs is 1. The van der Waals surface area contributed by atoms with Crippen LogP contribution in [0.4, 0.5) is 19.1 Å². The Morgan fingerprint density at radius 3 is 2.57 bits per heavy atom. The van der Waals surface area contributed by atoms with Gasteiger partial charge < -0.3 is 9.80 Å². The molecule has 0 aromatic carbocycles. The number of alkyl halides is 3. The number of amides is 1. The van der Waals surface area contributed by atoms with Crippen LogP contribution in [-0.4, -0.2) is 51.4 Å². The third-order valence-electron chi connectivity index (χ3n) is 5.37. The van der Waals surface area contributed by atoms with Gasteiger partial charge in [-0.3, -0.25) is 9.78 Å². The number of hydrogen-bond donors (Lipinski definition) is 0. The molecule has 4 rings (SSSR count). The minimum Gasteiger partial charge on any atom is -0.336 e. The molecule has 4 heterocycles. The van der Waals surface area contributed by atoms with E-state index in [9.17, 15) is 18.0 Å². The van der Waals surface area contributed by atoms with Gasteiger partial charge in [-0.15, -0.1) is 0 Å². The molecular weight excluding hydrogens is 371 g/mol. The second-order valence-corrected chi connectivity index (χ2v) is 7.37. The highest BCUT2D eigenvalue weighted by Gasteiger charge is 2.46. The van der Waals surface area contributed by atoms with Gasteiger partial charge in [-0.1, -0.05) is 0 Å². The van der Waals surface area contributed by atoms with Crippen LogP contribution in [0, 0.1) is 19.8 Å². The van der Waals surface area contributed by atoms with Crippen LogP contribution in [0.3, 0.4) is 0 Å². The summed E-state index contributed by atoms with van der Waals surface area (Å²) >= 11 is 0. The topological polar surface area (TPSA) is 62.2 Å². The average molecular weight is 391 g/mol. The number of aromatic nitrogens is 3. The summed E-state index contributed by atoms with van der Waals surface area (Å²) in [6, 6.07) is 4.45. The summed E-state index contributed by atoms with van der Waals surface area (Å²) in [4.78, 5) is 28.7. The van der Waals surface area contributed by atoms with Crippen LogP contribution in [0.15, 0.2) is 24.4 Å². The van der Waals surface area contributed by atoms with Gasteiger partial charge in [0, 0.05) is 43.1 Å². The standard InChI is InChI=1S/C19H20F3N5O/c1-11-8-12(2)25-18(24-11)27-9-13-5-7-26(10-15(13)27)17(28)14-4-3-6-23-16(14)19(20,21)22/h3-4,6,8,13,15H,5,7,9-10H2,1-2H3/t13-,15-/m0/s1. The highest BCUT2D eigenvalue weighted by atomic mass is 19.4. The summed E-state index contributed by atoms with van der Waals surface area (Å²) in [5.74, 6) is 0.377. The van der Waals surface area contributed by atoms with E-state index in [0.29, 0.717) is 25.0 Å². The molecule has 1 amide bonds. The number of pyridine rings is 1. The summed E-state index contributed by atoms with van der Waals surface area (Å²) in [5.41, 5.74) is 0.187. The van der Waals surface area contributed by atoms with Gasteiger partial charge in [-0.05, 0) is 38.5 Å². The smallest absolute Gasteiger partial charge is 0.336 e. The van der Waals surface area contributed by atoms with Crippen molar-refractivity contribution in [1.82, 2.24) is 19.9 Å². The quantitative estimate of drug-likeness (QED) is 0.788. The molecule has 6 nitrogen and oxygen atoms in total. The molecule has 0 radical (unpaired) electrons. The Balaban J connectivity index is 1.55. The second kappa shape index (κ2) is 6.72. The third-order valence-corrected chi connectivity index (χ3v) is 5.37. The van der Waals surface area contributed by atoms with Crippen molar-refractivity contribution in [2.45, 2.75) is 32.5 Å². The fourth-order valence-corrected chi connectivity index (χ4v) is 4.02. The SMILES string of the molecule is Cc1cc(C)nc(N2C[C@@H]3CCN(C(=O)c4cccnc4C(F)(F)F)C[C@@H]32)n1. The molecule has 2 aromatic heterocycles. The number of carbonyl (C=O) groups is 1. The largest absolute Gasteiger partial charge is 0.434 e. The molecule has 0 saturated carbocycles. The van der Waals surface area contributed by atoms with Crippen LogP contribution in [-0.2, 0) is 6.18 Å². The maximum Gasteiger partial charge on any atom is 0.434 e. The summed E-state index contributed by atoms with van der Waals surface area (Å²) < 4.78 is 39.7. The first-order valence-corrected chi connectivity index (χ1v) is 9.14. The van der Waals surface area contributed by atoms with E-state index in [-0.39, 0.29) is 6.04 Å². The van der Waals surface area contributed by atoms with E-state index in [4.69, 9.17) is 0 Å². The van der Waals surface area contributed by atoms with E-state index in [1.807, 2.05) is 24.8 Å². The number of nitrogens with zero attached hydrogens (tertiary/aromatic N) is 5. The molecule has 0 N–H and O–H groups in total. The van der Waals surface area contributed by atoms with Crippen LogP contribution in [0.2, 0.25) is 0 Å². The Bertz CT molecular complexity index is 896. The number of carbonyl (C=O) groups excluding carboxylic acids is 1. The molecule has 9 heteroatoms. The first kappa shape index (κ1) is 18.6. The van der Waals surface area contributed by atoms with Gasteiger partial charge in [-0.25, -0.2) is 9.97 Å². The highest BCUT2D eigenvalue weighted by molar-refractivity contribution is 5.95. The van der Waals surface area contributed by atoms with E-state index in [1.54, 1.807) is 0 Å². The minimum absolute atomic E-state index is 0.0184. The number of aryl methyl sites for hydroxylation is 2. The normalized spacial score (nSPS) is 21.9. The average Bonchev–Trinajstić information content (AvgIpc) is 2.60. The van der Waals surface area contributed by atoms with Crippen LogP contribution in [0.1, 0.15) is 33.9 Å².